The largest absolute Gasteiger partial charge is 0.494 e. The molecule has 1 saturated carbocycles. The van der Waals surface area contributed by atoms with Crippen LogP contribution < -0.4 is 28.4 Å². The van der Waals surface area contributed by atoms with E-state index in [1.165, 1.54) is 18.2 Å². The highest BCUT2D eigenvalue weighted by Crippen LogP contribution is 2.40. The van der Waals surface area contributed by atoms with E-state index in [1.807, 2.05) is 36.4 Å². The number of fused-ring (bicyclic) bond motifs is 1. The van der Waals surface area contributed by atoms with Crippen LogP contribution in [0.3, 0.4) is 0 Å². The van der Waals surface area contributed by atoms with Crippen LogP contribution in [0.5, 0.6) is 34.5 Å². The number of carbonyl (C=O) groups is 5. The maximum atomic E-state index is 13.4. The van der Waals surface area contributed by atoms with Crippen LogP contribution in [0, 0.1) is 5.92 Å². The molecule has 4 aromatic carbocycles. The Morgan fingerprint density at radius 1 is 0.493 bits per heavy atom. The lowest BCUT2D eigenvalue weighted by molar-refractivity contribution is -0.140. The summed E-state index contributed by atoms with van der Waals surface area (Å²) in [5.41, 5.74) is 1.35. The number of aliphatic hydroxyl groups excluding tert-OH is 1. The van der Waals surface area contributed by atoms with Crippen LogP contribution in [0.2, 0.25) is 0 Å². The first-order valence-electron chi connectivity index (χ1n) is 23.4. The third-order valence-corrected chi connectivity index (χ3v) is 11.2. The molecule has 15 nitrogen and oxygen atoms in total. The smallest absolute Gasteiger partial charge is 0.343 e. The Morgan fingerprint density at radius 2 is 1.01 bits per heavy atom. The molecule has 1 aliphatic rings. The summed E-state index contributed by atoms with van der Waals surface area (Å²) in [6, 6.07) is 21.0. The lowest BCUT2D eigenvalue weighted by atomic mass is 9.78. The van der Waals surface area contributed by atoms with Gasteiger partial charge in [-0.05, 0) is 148 Å². The summed E-state index contributed by atoms with van der Waals surface area (Å²) in [6.45, 7) is 11.7. The number of rotatable bonds is 30. The van der Waals surface area contributed by atoms with Crippen LogP contribution >= 0.6 is 0 Å². The van der Waals surface area contributed by atoms with Gasteiger partial charge in [0.2, 0.25) is 0 Å². The molecule has 15 heteroatoms. The normalized spacial score (nSPS) is 14.1. The van der Waals surface area contributed by atoms with Crippen LogP contribution in [0.1, 0.15) is 98.9 Å². The third kappa shape index (κ3) is 17.8. The van der Waals surface area contributed by atoms with Crippen LogP contribution in [-0.4, -0.2) is 81.4 Å². The van der Waals surface area contributed by atoms with Gasteiger partial charge < -0.3 is 47.7 Å². The quantitative estimate of drug-likeness (QED) is 0.0130. The molecule has 1 fully saturated rings. The Morgan fingerprint density at radius 3 is 1.65 bits per heavy atom. The lowest BCUT2D eigenvalue weighted by Gasteiger charge is -2.28. The van der Waals surface area contributed by atoms with E-state index < -0.39 is 36.6 Å². The molecule has 0 aliphatic heterocycles. The Bertz CT molecular complexity index is 2360. The van der Waals surface area contributed by atoms with Gasteiger partial charge in [0, 0.05) is 24.3 Å². The van der Waals surface area contributed by atoms with Crippen LogP contribution in [0.15, 0.2) is 111 Å². The molecule has 1 N–H and O–H groups in total. The third-order valence-electron chi connectivity index (χ3n) is 11.2. The maximum absolute atomic E-state index is 13.4. The van der Waals surface area contributed by atoms with Crippen molar-refractivity contribution in [2.75, 3.05) is 46.4 Å². The number of hydrogen-bond donors (Lipinski definition) is 1. The Kier molecular flexibility index (Phi) is 22.1. The van der Waals surface area contributed by atoms with Crippen molar-refractivity contribution in [3.63, 3.8) is 0 Å². The zero-order chi connectivity index (χ0) is 49.2. The summed E-state index contributed by atoms with van der Waals surface area (Å²) in [7, 11) is 0. The number of benzene rings is 4. The molecule has 0 bridgehead atoms. The predicted octanol–water partition coefficient (Wildman–Crippen LogP) is 9.71. The molecule has 0 amide bonds. The first-order valence-corrected chi connectivity index (χ1v) is 23.4. The van der Waals surface area contributed by atoms with Crippen molar-refractivity contribution in [2.24, 2.45) is 5.92 Å². The second-order valence-corrected chi connectivity index (χ2v) is 16.2. The molecule has 0 radical (unpaired) electrons. The average Bonchev–Trinajstić information content (AvgIpc) is 3.37. The van der Waals surface area contributed by atoms with Gasteiger partial charge in [-0.3, -0.25) is 4.79 Å². The second kappa shape index (κ2) is 28.9. The Balaban J connectivity index is 1.11. The zero-order valence-electron chi connectivity index (χ0n) is 39.0. The lowest BCUT2D eigenvalue weighted by Crippen LogP contribution is -2.25. The van der Waals surface area contributed by atoms with Gasteiger partial charge in [-0.1, -0.05) is 37.9 Å². The van der Waals surface area contributed by atoms with E-state index in [-0.39, 0.29) is 42.3 Å². The van der Waals surface area contributed by atoms with Crippen molar-refractivity contribution >= 4 is 40.6 Å². The minimum atomic E-state index is -0.707. The van der Waals surface area contributed by atoms with E-state index >= 15 is 0 Å². The molecule has 4 aromatic rings. The van der Waals surface area contributed by atoms with Gasteiger partial charge in [-0.25, -0.2) is 19.2 Å². The summed E-state index contributed by atoms with van der Waals surface area (Å²) in [5.74, 6) is -0.468. The van der Waals surface area contributed by atoms with Gasteiger partial charge in [0.15, 0.2) is 29.8 Å². The summed E-state index contributed by atoms with van der Waals surface area (Å²) < 4.78 is 50.1. The van der Waals surface area contributed by atoms with Crippen molar-refractivity contribution in [1.29, 1.82) is 0 Å². The van der Waals surface area contributed by atoms with Crippen LogP contribution in [0.25, 0.3) is 10.8 Å². The number of unbranched alkanes of at least 4 members (excludes halogenated alkanes) is 5. The predicted molar refractivity (Wildman–Crippen MR) is 257 cm³/mol. The van der Waals surface area contributed by atoms with Gasteiger partial charge in [-0.2, -0.15) is 0 Å². The van der Waals surface area contributed by atoms with Gasteiger partial charge in [0.05, 0.1) is 51.1 Å². The average molecular weight is 951 g/mol. The monoisotopic (exact) mass is 950 g/mol. The zero-order valence-corrected chi connectivity index (χ0v) is 39.0. The molecule has 0 atom stereocenters. The topological polar surface area (TPSA) is 189 Å². The molecule has 0 saturated heterocycles. The van der Waals surface area contributed by atoms with E-state index in [1.54, 1.807) is 18.2 Å². The number of esters is 5. The minimum absolute atomic E-state index is 0.0224. The van der Waals surface area contributed by atoms with E-state index in [0.717, 1.165) is 73.1 Å². The Hall–Kier alpha value is -7.13. The van der Waals surface area contributed by atoms with E-state index in [4.69, 9.17) is 42.6 Å². The molecule has 1 aliphatic carbocycles. The fraction of sp³-hybridized carbons (Fsp3) is 0.389. The standard InChI is InChI=1S/C54H62O15/c1-4-50(56)64-30-10-8-7-9-27-61-44-23-21-40-33-43(20-19-41(40)34-44)54(60)69-47-26-24-45(36-49(47)67-37-55)68-53(59)39-17-15-38(16-18-39)42-22-25-46(62-28-11-13-31-65-51(57)5-2)48(35-42)63-29-12-14-32-66-52(58)6-3/h4-6,19-26,33-36,38-39,55H,1-3,7-18,27-32,37H2. The molecule has 0 aromatic heterocycles. The van der Waals surface area contributed by atoms with E-state index in [9.17, 15) is 29.1 Å². The fourth-order valence-corrected chi connectivity index (χ4v) is 7.51. The van der Waals surface area contributed by atoms with Crippen LogP contribution in [0.4, 0.5) is 0 Å². The summed E-state index contributed by atoms with van der Waals surface area (Å²) in [5, 5.41) is 11.3. The number of hydrogen-bond acceptors (Lipinski definition) is 15. The van der Waals surface area contributed by atoms with Crippen molar-refractivity contribution in [1.82, 2.24) is 0 Å². The van der Waals surface area contributed by atoms with Gasteiger partial charge in [-0.15, -0.1) is 0 Å². The number of carbonyl (C=O) groups excluding carboxylic acids is 5. The molecule has 0 unspecified atom stereocenters. The number of aliphatic hydroxyl groups is 1. The highest BCUT2D eigenvalue weighted by atomic mass is 16.6. The summed E-state index contributed by atoms with van der Waals surface area (Å²) >= 11 is 0. The van der Waals surface area contributed by atoms with Crippen molar-refractivity contribution in [2.45, 2.75) is 83.0 Å². The number of ether oxygens (including phenoxy) is 9. The molecule has 0 heterocycles. The maximum Gasteiger partial charge on any atom is 0.343 e. The van der Waals surface area contributed by atoms with Gasteiger partial charge >= 0.3 is 29.8 Å². The molecule has 69 heavy (non-hydrogen) atoms. The first-order chi connectivity index (χ1) is 33.6. The SMILES string of the molecule is C=CC(=O)OCCCCCCOc1ccc2cc(C(=O)Oc3ccc(OC(=O)C4CCC(c5ccc(OCCCCOC(=O)C=C)c(OCCCCOC(=O)C=C)c5)CC4)cc3OCO)ccc2c1. The molecule has 0 spiro atoms. The molecule has 5 rings (SSSR count). The molecular weight excluding hydrogens is 889 g/mol. The van der Waals surface area contributed by atoms with Crippen LogP contribution in [-0.2, 0) is 33.4 Å². The second-order valence-electron chi connectivity index (χ2n) is 16.2. The van der Waals surface area contributed by atoms with Gasteiger partial charge in [0.25, 0.3) is 0 Å². The summed E-state index contributed by atoms with van der Waals surface area (Å²) in [6.07, 6.45) is 12.1. The van der Waals surface area contributed by atoms with E-state index in [0.29, 0.717) is 87.8 Å². The van der Waals surface area contributed by atoms with Crippen molar-refractivity contribution < 1.29 is 71.7 Å². The fourth-order valence-electron chi connectivity index (χ4n) is 7.51. The minimum Gasteiger partial charge on any atom is -0.494 e. The van der Waals surface area contributed by atoms with Gasteiger partial charge in [0.1, 0.15) is 11.5 Å². The first kappa shape index (κ1) is 52.8. The summed E-state index contributed by atoms with van der Waals surface area (Å²) in [4.78, 5) is 60.6. The highest BCUT2D eigenvalue weighted by Gasteiger charge is 2.29. The molecular formula is C54H62O15. The van der Waals surface area contributed by atoms with Crippen molar-refractivity contribution in [3.05, 3.63) is 122 Å². The molecule has 368 valence electrons. The van der Waals surface area contributed by atoms with Crippen molar-refractivity contribution in [3.8, 4) is 34.5 Å². The van der Waals surface area contributed by atoms with E-state index in [2.05, 4.69) is 19.7 Å². The highest BCUT2D eigenvalue weighted by molar-refractivity contribution is 5.97. The Labute approximate surface area is 402 Å².